The van der Waals surface area contributed by atoms with Gasteiger partial charge < -0.3 is 9.83 Å². The molecular weight excluding hydrogens is 452 g/mol. The molecule has 0 bridgehead atoms. The Labute approximate surface area is 217 Å². The van der Waals surface area contributed by atoms with Crippen LogP contribution in [0.2, 0.25) is 0 Å². The number of hydrogen-bond acceptors (Lipinski definition) is 3. The second kappa shape index (κ2) is 11.3. The Morgan fingerprint density at radius 1 is 0.865 bits per heavy atom. The topological polar surface area (TPSA) is 49.4 Å². The summed E-state index contributed by atoms with van der Waals surface area (Å²) in [6, 6.07) is 16.1. The van der Waals surface area contributed by atoms with E-state index >= 15 is 0 Å². The average Bonchev–Trinajstić information content (AvgIpc) is 3.29. The molecular formula is C34H28N2O. The molecule has 0 atom stereocenters. The highest BCUT2D eigenvalue weighted by Crippen LogP contribution is 2.28. The SMILES string of the molecule is C=N/C(=C\C(=N)c1ccc(C2=C/C=C/C=C/c3c(oc4ccccc34)/C=C/C=C\2)cc1)C1=CCCC=C1. The second-order valence-corrected chi connectivity index (χ2v) is 8.78. The Kier molecular flexibility index (Phi) is 7.33. The standard InChI is InChI=1S/C34H28N2O/c1-36-32(28-14-5-2-6-15-28)24-31(35)27-22-20-26(21-23-27)25-12-4-3-7-16-29-30-17-9-11-19-34(30)37-33(29)18-10-8-13-25/h3-5,7-24,35H,1-2,6H2/b4-3+,7-3?,10-8?,12-4?,13-8-,16-7+,18-10+,25-12+,25-13?,29-16?,32-24-,33-18?,35-31?. The van der Waals surface area contributed by atoms with E-state index in [9.17, 15) is 0 Å². The summed E-state index contributed by atoms with van der Waals surface area (Å²) in [4.78, 5) is 4.15. The van der Waals surface area contributed by atoms with Crippen LogP contribution in [0, 0.1) is 5.41 Å². The second-order valence-electron chi connectivity index (χ2n) is 8.78. The molecule has 2 aromatic carbocycles. The van der Waals surface area contributed by atoms with Gasteiger partial charge in [0.05, 0.1) is 11.4 Å². The maximum atomic E-state index is 8.58. The van der Waals surface area contributed by atoms with Crippen molar-refractivity contribution in [2.45, 2.75) is 12.8 Å². The molecule has 3 nitrogen and oxygen atoms in total. The molecule has 0 saturated heterocycles. The fourth-order valence-corrected chi connectivity index (χ4v) is 4.39. The number of fused-ring (bicyclic) bond motifs is 3. The summed E-state index contributed by atoms with van der Waals surface area (Å²) in [7, 11) is 0. The van der Waals surface area contributed by atoms with Crippen LogP contribution in [0.5, 0.6) is 0 Å². The zero-order valence-corrected chi connectivity index (χ0v) is 20.6. The van der Waals surface area contributed by atoms with Crippen LogP contribution in [-0.4, -0.2) is 12.4 Å². The van der Waals surface area contributed by atoms with Crippen LogP contribution in [0.25, 0.3) is 28.7 Å². The molecule has 0 radical (unpaired) electrons. The molecule has 0 saturated carbocycles. The first-order valence-electron chi connectivity index (χ1n) is 12.4. The van der Waals surface area contributed by atoms with Gasteiger partial charge in [-0.1, -0.05) is 109 Å². The number of nitrogens with one attached hydrogen (secondary N) is 1. The predicted octanol–water partition coefficient (Wildman–Crippen LogP) is 8.90. The first-order valence-corrected chi connectivity index (χ1v) is 12.4. The number of para-hydroxylation sites is 1. The van der Waals surface area contributed by atoms with E-state index in [2.05, 4.69) is 54.2 Å². The van der Waals surface area contributed by atoms with Crippen LogP contribution < -0.4 is 0 Å². The Morgan fingerprint density at radius 3 is 2.49 bits per heavy atom. The number of nitrogens with zero attached hydrogens (tertiary/aromatic N) is 1. The van der Waals surface area contributed by atoms with Gasteiger partial charge in [-0.25, -0.2) is 0 Å². The number of benzene rings is 2. The lowest BCUT2D eigenvalue weighted by Crippen LogP contribution is -1.98. The molecule has 0 aliphatic heterocycles. The Morgan fingerprint density at radius 2 is 1.68 bits per heavy atom. The van der Waals surface area contributed by atoms with E-state index in [0.717, 1.165) is 63.1 Å². The monoisotopic (exact) mass is 480 g/mol. The maximum absolute atomic E-state index is 8.58. The molecule has 1 aromatic heterocycles. The summed E-state index contributed by atoms with van der Waals surface area (Å²) in [6.45, 7) is 3.70. The molecule has 0 unspecified atom stereocenters. The number of hydrogen-bond donors (Lipinski definition) is 1. The molecule has 180 valence electrons. The minimum Gasteiger partial charge on any atom is -0.456 e. The van der Waals surface area contributed by atoms with Crippen molar-refractivity contribution >= 4 is 41.1 Å². The van der Waals surface area contributed by atoms with E-state index in [1.807, 2.05) is 78.9 Å². The van der Waals surface area contributed by atoms with Gasteiger partial charge in [-0.15, -0.1) is 0 Å². The average molecular weight is 481 g/mol. The van der Waals surface area contributed by atoms with Gasteiger partial charge in [0.15, 0.2) is 0 Å². The molecule has 0 amide bonds. The number of furan rings is 1. The number of allylic oxidation sites excluding steroid dienone is 12. The van der Waals surface area contributed by atoms with Crippen molar-refractivity contribution in [3.63, 3.8) is 0 Å². The fraction of sp³-hybridized carbons (Fsp3) is 0.0588. The maximum Gasteiger partial charge on any atom is 0.135 e. The van der Waals surface area contributed by atoms with Crippen molar-refractivity contribution in [2.24, 2.45) is 4.99 Å². The highest BCUT2D eigenvalue weighted by Gasteiger charge is 2.09. The first kappa shape index (κ1) is 24.0. The molecule has 1 N–H and O–H groups in total. The summed E-state index contributed by atoms with van der Waals surface area (Å²) in [5, 5.41) is 9.68. The van der Waals surface area contributed by atoms with Crippen molar-refractivity contribution in [2.75, 3.05) is 0 Å². The lowest BCUT2D eigenvalue weighted by molar-refractivity contribution is 0.603. The van der Waals surface area contributed by atoms with Crippen molar-refractivity contribution < 1.29 is 4.42 Å². The third-order valence-corrected chi connectivity index (χ3v) is 6.33. The highest BCUT2D eigenvalue weighted by atomic mass is 16.3. The van der Waals surface area contributed by atoms with Crippen molar-refractivity contribution in [1.82, 2.24) is 0 Å². The predicted molar refractivity (Wildman–Crippen MR) is 158 cm³/mol. The van der Waals surface area contributed by atoms with Gasteiger partial charge in [0.25, 0.3) is 0 Å². The minimum atomic E-state index is 0.409. The number of aliphatic imine (C=N–C) groups is 1. The van der Waals surface area contributed by atoms with Crippen LogP contribution in [-0.2, 0) is 0 Å². The van der Waals surface area contributed by atoms with Crippen LogP contribution in [0.15, 0.2) is 136 Å². The van der Waals surface area contributed by atoms with E-state index in [1.165, 1.54) is 0 Å². The fourth-order valence-electron chi connectivity index (χ4n) is 4.39. The van der Waals surface area contributed by atoms with Gasteiger partial charge in [0, 0.05) is 10.9 Å². The van der Waals surface area contributed by atoms with Crippen LogP contribution in [0.3, 0.4) is 0 Å². The third kappa shape index (κ3) is 5.57. The van der Waals surface area contributed by atoms with Crippen LogP contribution in [0.4, 0.5) is 0 Å². The molecule has 0 fully saturated rings. The molecule has 3 heteroatoms. The largest absolute Gasteiger partial charge is 0.456 e. The lowest BCUT2D eigenvalue weighted by Gasteiger charge is -2.09. The van der Waals surface area contributed by atoms with Gasteiger partial charge in [-0.2, -0.15) is 0 Å². The van der Waals surface area contributed by atoms with Crippen molar-refractivity contribution in [3.05, 3.63) is 149 Å². The van der Waals surface area contributed by atoms with Crippen molar-refractivity contribution in [3.8, 4) is 0 Å². The Balaban J connectivity index is 1.38. The molecule has 0 spiro atoms. The van der Waals surface area contributed by atoms with Crippen molar-refractivity contribution in [1.29, 1.82) is 5.41 Å². The van der Waals surface area contributed by atoms with Gasteiger partial charge in [-0.05, 0) is 60.1 Å². The Bertz CT molecular complexity index is 1580. The normalized spacial score (nSPS) is 20.4. The summed E-state index contributed by atoms with van der Waals surface area (Å²) in [6.07, 6.45) is 28.5. The van der Waals surface area contributed by atoms with Crippen LogP contribution >= 0.6 is 0 Å². The van der Waals surface area contributed by atoms with Gasteiger partial charge in [-0.3, -0.25) is 4.99 Å². The molecule has 3 aromatic rings. The van der Waals surface area contributed by atoms with E-state index < -0.39 is 0 Å². The molecule has 2 aliphatic carbocycles. The summed E-state index contributed by atoms with van der Waals surface area (Å²) < 4.78 is 6.06. The minimum absolute atomic E-state index is 0.409. The zero-order chi connectivity index (χ0) is 25.5. The highest BCUT2D eigenvalue weighted by molar-refractivity contribution is 6.07. The van der Waals surface area contributed by atoms with E-state index in [-0.39, 0.29) is 0 Å². The third-order valence-electron chi connectivity index (χ3n) is 6.33. The van der Waals surface area contributed by atoms with E-state index in [0.29, 0.717) is 5.71 Å². The van der Waals surface area contributed by atoms with Gasteiger partial charge in [0.1, 0.15) is 11.3 Å². The van der Waals surface area contributed by atoms with E-state index in [1.54, 1.807) is 6.08 Å². The van der Waals surface area contributed by atoms with Crippen LogP contribution in [0.1, 0.15) is 35.3 Å². The molecule has 2 aliphatic rings. The van der Waals surface area contributed by atoms with E-state index in [4.69, 9.17) is 9.83 Å². The van der Waals surface area contributed by atoms with Gasteiger partial charge in [0.2, 0.25) is 0 Å². The Hall–Kier alpha value is -4.76. The molecule has 37 heavy (non-hydrogen) atoms. The first-order chi connectivity index (χ1) is 18.2. The molecule has 1 heterocycles. The lowest BCUT2D eigenvalue weighted by atomic mass is 9.99. The number of rotatable bonds is 5. The smallest absolute Gasteiger partial charge is 0.135 e. The summed E-state index contributed by atoms with van der Waals surface area (Å²) in [5.41, 5.74) is 7.09. The summed E-state index contributed by atoms with van der Waals surface area (Å²) >= 11 is 0. The quantitative estimate of drug-likeness (QED) is 0.364. The zero-order valence-electron chi connectivity index (χ0n) is 20.6. The molecule has 5 rings (SSSR count). The summed E-state index contributed by atoms with van der Waals surface area (Å²) in [5.74, 6) is 0.838. The van der Waals surface area contributed by atoms with Gasteiger partial charge >= 0.3 is 0 Å².